The zero-order valence-electron chi connectivity index (χ0n) is 8.96. The molecule has 3 aliphatic rings. The van der Waals surface area contributed by atoms with E-state index < -0.39 is 9.05 Å². The maximum atomic E-state index is 11.0. The minimum absolute atomic E-state index is 0.0493. The Morgan fingerprint density at radius 3 is 2.33 bits per heavy atom. The molecular weight excluding hydrogens is 236 g/mol. The summed E-state index contributed by atoms with van der Waals surface area (Å²) in [5.74, 6) is 0.174. The van der Waals surface area contributed by atoms with Gasteiger partial charge in [0.2, 0.25) is 9.05 Å². The van der Waals surface area contributed by atoms with Crippen molar-refractivity contribution in [3.8, 4) is 0 Å². The molecule has 3 saturated carbocycles. The van der Waals surface area contributed by atoms with Crippen LogP contribution in [0.4, 0.5) is 0 Å². The van der Waals surface area contributed by atoms with Gasteiger partial charge in [0, 0.05) is 24.4 Å². The first-order chi connectivity index (χ1) is 6.89. The van der Waals surface area contributed by atoms with Gasteiger partial charge in [0.1, 0.15) is 0 Å². The van der Waals surface area contributed by atoms with Crippen molar-refractivity contribution >= 4 is 19.7 Å². The van der Waals surface area contributed by atoms with Crippen molar-refractivity contribution in [1.29, 1.82) is 0 Å². The molecule has 0 amide bonds. The van der Waals surface area contributed by atoms with Gasteiger partial charge in [-0.3, -0.25) is 0 Å². The Bertz CT molecular complexity index is 330. The van der Waals surface area contributed by atoms with E-state index in [1.807, 2.05) is 0 Å². The average molecular weight is 253 g/mol. The zero-order chi connectivity index (χ0) is 11.2. The van der Waals surface area contributed by atoms with Crippen LogP contribution < -0.4 is 0 Å². The van der Waals surface area contributed by atoms with Crippen molar-refractivity contribution in [2.45, 2.75) is 32.1 Å². The fourth-order valence-corrected chi connectivity index (χ4v) is 5.34. The molecule has 3 aliphatic carbocycles. The first-order valence-electron chi connectivity index (χ1n) is 5.30. The van der Waals surface area contributed by atoms with E-state index in [-0.39, 0.29) is 11.2 Å². The zero-order valence-corrected chi connectivity index (χ0v) is 10.5. The van der Waals surface area contributed by atoms with Crippen molar-refractivity contribution in [1.82, 2.24) is 0 Å². The second-order valence-electron chi connectivity index (χ2n) is 5.31. The molecule has 0 saturated heterocycles. The van der Waals surface area contributed by atoms with Crippen LogP contribution in [-0.4, -0.2) is 27.9 Å². The number of halogens is 1. The quantitative estimate of drug-likeness (QED) is 0.537. The van der Waals surface area contributed by atoms with Crippen molar-refractivity contribution in [2.24, 2.45) is 10.8 Å². The summed E-state index contributed by atoms with van der Waals surface area (Å²) in [6.07, 6.45) is 5.41. The summed E-state index contributed by atoms with van der Waals surface area (Å²) >= 11 is 0. The van der Waals surface area contributed by atoms with Gasteiger partial charge in [-0.1, -0.05) is 0 Å². The molecular formula is C10H17ClO3S. The van der Waals surface area contributed by atoms with Gasteiger partial charge in [0.25, 0.3) is 0 Å². The van der Waals surface area contributed by atoms with Crippen molar-refractivity contribution in [3.05, 3.63) is 0 Å². The monoisotopic (exact) mass is 252 g/mol. The number of rotatable bonds is 6. The Kier molecular flexibility index (Phi) is 2.81. The Balaban J connectivity index is 1.75. The lowest BCUT2D eigenvalue weighted by atomic mass is 9.35. The maximum Gasteiger partial charge on any atom is 0.233 e. The molecule has 5 heteroatoms. The van der Waals surface area contributed by atoms with Crippen LogP contribution in [0.25, 0.3) is 0 Å². The van der Waals surface area contributed by atoms with Crippen LogP contribution in [-0.2, 0) is 13.8 Å². The minimum atomic E-state index is -3.31. The fraction of sp³-hybridized carbons (Fsp3) is 1.00. The second kappa shape index (κ2) is 3.60. The average Bonchev–Trinajstić information content (AvgIpc) is 1.95. The van der Waals surface area contributed by atoms with Crippen molar-refractivity contribution < 1.29 is 13.2 Å². The van der Waals surface area contributed by atoms with Gasteiger partial charge in [0.05, 0.1) is 5.75 Å². The van der Waals surface area contributed by atoms with Gasteiger partial charge in [0.15, 0.2) is 0 Å². The highest BCUT2D eigenvalue weighted by molar-refractivity contribution is 8.13. The SMILES string of the molecule is COCCCC12CC(CS(=O)(=O)Cl)(C1)C2. The van der Waals surface area contributed by atoms with Gasteiger partial charge >= 0.3 is 0 Å². The van der Waals surface area contributed by atoms with Gasteiger partial charge < -0.3 is 4.74 Å². The van der Waals surface area contributed by atoms with Crippen molar-refractivity contribution in [2.75, 3.05) is 19.5 Å². The summed E-state index contributed by atoms with van der Waals surface area (Å²) in [7, 11) is 3.68. The number of hydrogen-bond donors (Lipinski definition) is 0. The van der Waals surface area contributed by atoms with E-state index in [1.54, 1.807) is 7.11 Å². The Morgan fingerprint density at radius 1 is 1.27 bits per heavy atom. The molecule has 2 bridgehead atoms. The predicted octanol–water partition coefficient (Wildman–Crippen LogP) is 2.15. The number of methoxy groups -OCH3 is 1. The molecule has 0 N–H and O–H groups in total. The number of ether oxygens (including phenoxy) is 1. The van der Waals surface area contributed by atoms with E-state index >= 15 is 0 Å². The molecule has 0 heterocycles. The normalized spacial score (nSPS) is 38.3. The molecule has 15 heavy (non-hydrogen) atoms. The molecule has 0 spiro atoms. The van der Waals surface area contributed by atoms with Crippen LogP contribution in [0.15, 0.2) is 0 Å². The molecule has 0 unspecified atom stereocenters. The molecule has 0 aliphatic heterocycles. The molecule has 0 aromatic carbocycles. The summed E-state index contributed by atoms with van der Waals surface area (Å²) in [4.78, 5) is 0. The maximum absolute atomic E-state index is 11.0. The minimum Gasteiger partial charge on any atom is -0.385 e. The van der Waals surface area contributed by atoms with E-state index in [4.69, 9.17) is 15.4 Å². The summed E-state index contributed by atoms with van der Waals surface area (Å²) < 4.78 is 27.0. The van der Waals surface area contributed by atoms with E-state index in [0.29, 0.717) is 5.41 Å². The fourth-order valence-electron chi connectivity index (χ4n) is 3.61. The Labute approximate surface area is 95.6 Å². The topological polar surface area (TPSA) is 43.4 Å². The molecule has 0 atom stereocenters. The summed E-state index contributed by atoms with van der Waals surface area (Å²) in [6.45, 7) is 0.808. The van der Waals surface area contributed by atoms with E-state index in [1.165, 1.54) is 6.42 Å². The molecule has 3 fully saturated rings. The lowest BCUT2D eigenvalue weighted by Crippen LogP contribution is -2.63. The second-order valence-corrected chi connectivity index (χ2v) is 8.09. The lowest BCUT2D eigenvalue weighted by molar-refractivity contribution is -0.193. The number of hydrogen-bond acceptors (Lipinski definition) is 3. The Hall–Kier alpha value is 0.200. The third-order valence-electron chi connectivity index (χ3n) is 3.78. The molecule has 3 nitrogen and oxygen atoms in total. The highest BCUT2D eigenvalue weighted by Crippen LogP contribution is 2.75. The molecule has 0 radical (unpaired) electrons. The first kappa shape index (κ1) is 11.7. The molecule has 88 valence electrons. The van der Waals surface area contributed by atoms with Crippen molar-refractivity contribution in [3.63, 3.8) is 0 Å². The summed E-state index contributed by atoms with van der Waals surface area (Å²) in [5.41, 5.74) is 0.494. The van der Waals surface area contributed by atoms with Crippen LogP contribution in [0.1, 0.15) is 32.1 Å². The lowest BCUT2D eigenvalue weighted by Gasteiger charge is -2.71. The van der Waals surface area contributed by atoms with Crippen LogP contribution in [0.5, 0.6) is 0 Å². The summed E-state index contributed by atoms with van der Waals surface area (Å²) in [6, 6.07) is 0. The predicted molar refractivity (Wildman–Crippen MR) is 59.5 cm³/mol. The molecule has 0 aromatic rings. The molecule has 0 aromatic heterocycles. The van der Waals surface area contributed by atoms with Crippen LogP contribution in [0.2, 0.25) is 0 Å². The van der Waals surface area contributed by atoms with Crippen LogP contribution in [0.3, 0.4) is 0 Å². The third-order valence-corrected chi connectivity index (χ3v) is 5.07. The molecule has 3 rings (SSSR count). The third kappa shape index (κ3) is 2.32. The highest BCUT2D eigenvalue weighted by Gasteiger charge is 2.67. The van der Waals surface area contributed by atoms with Gasteiger partial charge in [-0.05, 0) is 42.9 Å². The van der Waals surface area contributed by atoms with E-state index in [2.05, 4.69) is 0 Å². The smallest absolute Gasteiger partial charge is 0.233 e. The Morgan fingerprint density at radius 2 is 1.87 bits per heavy atom. The first-order valence-corrected chi connectivity index (χ1v) is 7.78. The van der Waals surface area contributed by atoms with Gasteiger partial charge in [-0.25, -0.2) is 8.42 Å². The van der Waals surface area contributed by atoms with E-state index in [9.17, 15) is 8.42 Å². The van der Waals surface area contributed by atoms with Crippen LogP contribution >= 0.6 is 10.7 Å². The standard InChI is InChI=1S/C10H17ClO3S/c1-14-4-2-3-9-5-10(6-9,7-9)8-15(11,12)13/h2-8H2,1H3. The van der Waals surface area contributed by atoms with Gasteiger partial charge in [-0.2, -0.15) is 0 Å². The summed E-state index contributed by atoms with van der Waals surface area (Å²) in [5, 5.41) is 0. The van der Waals surface area contributed by atoms with Crippen LogP contribution in [0, 0.1) is 10.8 Å². The van der Waals surface area contributed by atoms with E-state index in [0.717, 1.165) is 32.3 Å². The largest absolute Gasteiger partial charge is 0.385 e. The van der Waals surface area contributed by atoms with Gasteiger partial charge in [-0.15, -0.1) is 0 Å². The highest BCUT2D eigenvalue weighted by atomic mass is 35.7.